The lowest BCUT2D eigenvalue weighted by molar-refractivity contribution is -0.127. The van der Waals surface area contributed by atoms with Gasteiger partial charge in [0.05, 0.1) is 6.42 Å². The molecule has 0 saturated heterocycles. The summed E-state index contributed by atoms with van der Waals surface area (Å²) >= 11 is 0. The number of rotatable bonds is 8. The number of hydrogen-bond donors (Lipinski definition) is 2. The van der Waals surface area contributed by atoms with Gasteiger partial charge in [0, 0.05) is 13.1 Å². The molecule has 2 amide bonds. The van der Waals surface area contributed by atoms with E-state index >= 15 is 0 Å². The van der Waals surface area contributed by atoms with Crippen molar-refractivity contribution < 1.29 is 18.7 Å². The van der Waals surface area contributed by atoms with E-state index in [2.05, 4.69) is 10.6 Å². The molecule has 0 heterocycles. The Hall–Kier alpha value is -2.89. The maximum atomic E-state index is 13.1. The first-order chi connectivity index (χ1) is 12.4. The first-order valence-electron chi connectivity index (χ1n) is 8.46. The Morgan fingerprint density at radius 2 is 1.81 bits per heavy atom. The van der Waals surface area contributed by atoms with Crippen LogP contribution in [0.15, 0.2) is 48.5 Å². The van der Waals surface area contributed by atoms with Gasteiger partial charge in [0.15, 0.2) is 6.10 Å². The molecule has 0 aliphatic heterocycles. The van der Waals surface area contributed by atoms with E-state index in [1.165, 1.54) is 12.1 Å². The second-order valence-electron chi connectivity index (χ2n) is 6.02. The van der Waals surface area contributed by atoms with Crippen LogP contribution in [0.3, 0.4) is 0 Å². The molecule has 0 saturated carbocycles. The first-order valence-corrected chi connectivity index (χ1v) is 8.46. The molecule has 0 aliphatic rings. The largest absolute Gasteiger partial charge is 0.481 e. The summed E-state index contributed by atoms with van der Waals surface area (Å²) in [5.41, 5.74) is 1.66. The number of carbonyl (C=O) groups is 2. The molecule has 26 heavy (non-hydrogen) atoms. The van der Waals surface area contributed by atoms with Gasteiger partial charge in [0.25, 0.3) is 5.91 Å². The molecule has 1 atom stereocenters. The van der Waals surface area contributed by atoms with Crippen LogP contribution in [0.25, 0.3) is 0 Å². The molecule has 0 radical (unpaired) electrons. The predicted molar refractivity (Wildman–Crippen MR) is 97.4 cm³/mol. The van der Waals surface area contributed by atoms with E-state index in [1.807, 2.05) is 25.1 Å². The zero-order valence-corrected chi connectivity index (χ0v) is 14.9. The van der Waals surface area contributed by atoms with Gasteiger partial charge in [-0.05, 0) is 49.2 Å². The minimum absolute atomic E-state index is 0.0958. The molecule has 5 nitrogen and oxygen atoms in total. The van der Waals surface area contributed by atoms with Gasteiger partial charge in [-0.2, -0.15) is 0 Å². The highest BCUT2D eigenvalue weighted by Crippen LogP contribution is 2.14. The lowest BCUT2D eigenvalue weighted by Gasteiger charge is -2.15. The molecule has 6 heteroatoms. The lowest BCUT2D eigenvalue weighted by Crippen LogP contribution is -2.41. The van der Waals surface area contributed by atoms with Crippen molar-refractivity contribution in [2.24, 2.45) is 0 Å². The molecule has 0 fully saturated rings. The summed E-state index contributed by atoms with van der Waals surface area (Å²) in [6, 6.07) is 13.4. The quantitative estimate of drug-likeness (QED) is 0.712. The van der Waals surface area contributed by atoms with Crippen LogP contribution < -0.4 is 15.4 Å². The maximum Gasteiger partial charge on any atom is 0.260 e. The third-order valence-corrected chi connectivity index (χ3v) is 3.67. The molecule has 2 rings (SSSR count). The van der Waals surface area contributed by atoms with Crippen molar-refractivity contribution in [2.75, 3.05) is 13.1 Å². The standard InChI is InChI=1S/C20H23FN2O3/c1-14-5-3-8-18(11-14)26-15(2)20(25)23-10-9-22-19(24)13-16-6-4-7-17(21)12-16/h3-8,11-12,15H,9-10,13H2,1-2H3,(H,22,24)(H,23,25). The van der Waals surface area contributed by atoms with Crippen LogP contribution in [0.5, 0.6) is 5.75 Å². The van der Waals surface area contributed by atoms with Crippen LogP contribution in [-0.4, -0.2) is 31.0 Å². The van der Waals surface area contributed by atoms with Gasteiger partial charge < -0.3 is 15.4 Å². The maximum absolute atomic E-state index is 13.1. The fraction of sp³-hybridized carbons (Fsp3) is 0.300. The zero-order chi connectivity index (χ0) is 18.9. The summed E-state index contributed by atoms with van der Waals surface area (Å²) in [4.78, 5) is 23.8. The molecule has 0 aliphatic carbocycles. The van der Waals surface area contributed by atoms with Crippen molar-refractivity contribution in [3.05, 3.63) is 65.5 Å². The van der Waals surface area contributed by atoms with E-state index < -0.39 is 6.10 Å². The Morgan fingerprint density at radius 1 is 1.08 bits per heavy atom. The normalized spacial score (nSPS) is 11.5. The zero-order valence-electron chi connectivity index (χ0n) is 14.9. The van der Waals surface area contributed by atoms with E-state index in [-0.39, 0.29) is 37.1 Å². The molecular weight excluding hydrogens is 335 g/mol. The highest BCUT2D eigenvalue weighted by molar-refractivity contribution is 5.81. The van der Waals surface area contributed by atoms with Crippen LogP contribution in [0.4, 0.5) is 4.39 Å². The SMILES string of the molecule is Cc1cccc(OC(C)C(=O)NCCNC(=O)Cc2cccc(F)c2)c1. The summed E-state index contributed by atoms with van der Waals surface area (Å²) in [6.45, 7) is 4.19. The number of ether oxygens (including phenoxy) is 1. The Labute approximate surface area is 152 Å². The molecule has 2 aromatic carbocycles. The van der Waals surface area contributed by atoms with Gasteiger partial charge in [0.1, 0.15) is 11.6 Å². The van der Waals surface area contributed by atoms with Crippen molar-refractivity contribution in [3.63, 3.8) is 0 Å². The molecule has 2 aromatic rings. The van der Waals surface area contributed by atoms with Gasteiger partial charge in [-0.25, -0.2) is 4.39 Å². The van der Waals surface area contributed by atoms with Crippen LogP contribution in [0, 0.1) is 12.7 Å². The van der Waals surface area contributed by atoms with Gasteiger partial charge in [-0.15, -0.1) is 0 Å². The Morgan fingerprint density at radius 3 is 2.54 bits per heavy atom. The summed E-state index contributed by atoms with van der Waals surface area (Å²) in [5, 5.41) is 5.39. The van der Waals surface area contributed by atoms with E-state index in [1.54, 1.807) is 25.1 Å². The first kappa shape index (κ1) is 19.4. The smallest absolute Gasteiger partial charge is 0.260 e. The Balaban J connectivity index is 1.66. The van der Waals surface area contributed by atoms with Gasteiger partial charge in [-0.3, -0.25) is 9.59 Å². The predicted octanol–water partition coefficient (Wildman–Crippen LogP) is 2.38. The van der Waals surface area contributed by atoms with E-state index in [0.717, 1.165) is 5.56 Å². The van der Waals surface area contributed by atoms with Gasteiger partial charge in [-0.1, -0.05) is 24.3 Å². The second-order valence-corrected chi connectivity index (χ2v) is 6.02. The van der Waals surface area contributed by atoms with Crippen LogP contribution in [0.2, 0.25) is 0 Å². The second kappa shape index (κ2) is 9.56. The molecular formula is C20H23FN2O3. The van der Waals surface area contributed by atoms with Crippen LogP contribution in [0.1, 0.15) is 18.1 Å². The fourth-order valence-corrected chi connectivity index (χ4v) is 2.37. The molecule has 0 spiro atoms. The van der Waals surface area contributed by atoms with Crippen molar-refractivity contribution in [2.45, 2.75) is 26.4 Å². The molecule has 0 bridgehead atoms. The van der Waals surface area contributed by atoms with E-state index in [9.17, 15) is 14.0 Å². The topological polar surface area (TPSA) is 67.4 Å². The van der Waals surface area contributed by atoms with Crippen molar-refractivity contribution >= 4 is 11.8 Å². The molecule has 138 valence electrons. The van der Waals surface area contributed by atoms with Crippen molar-refractivity contribution in [3.8, 4) is 5.75 Å². The fourth-order valence-electron chi connectivity index (χ4n) is 2.37. The summed E-state index contributed by atoms with van der Waals surface area (Å²) in [6.07, 6.45) is -0.543. The average molecular weight is 358 g/mol. The highest BCUT2D eigenvalue weighted by Gasteiger charge is 2.14. The van der Waals surface area contributed by atoms with Gasteiger partial charge in [0.2, 0.25) is 5.91 Å². The summed E-state index contributed by atoms with van der Waals surface area (Å²) in [7, 11) is 0. The number of hydrogen-bond acceptors (Lipinski definition) is 3. The highest BCUT2D eigenvalue weighted by atomic mass is 19.1. The molecule has 2 N–H and O–H groups in total. The van der Waals surface area contributed by atoms with Gasteiger partial charge >= 0.3 is 0 Å². The average Bonchev–Trinajstić information content (AvgIpc) is 2.58. The van der Waals surface area contributed by atoms with E-state index in [4.69, 9.17) is 4.74 Å². The number of carbonyl (C=O) groups excluding carboxylic acids is 2. The minimum atomic E-state index is -0.639. The third kappa shape index (κ3) is 6.55. The van der Waals surface area contributed by atoms with E-state index in [0.29, 0.717) is 11.3 Å². The summed E-state index contributed by atoms with van der Waals surface area (Å²) < 4.78 is 18.7. The molecule has 0 aromatic heterocycles. The number of aryl methyl sites for hydroxylation is 1. The number of halogens is 1. The molecule has 1 unspecified atom stereocenters. The van der Waals surface area contributed by atoms with Crippen molar-refractivity contribution in [1.29, 1.82) is 0 Å². The Bertz CT molecular complexity index is 764. The number of nitrogens with one attached hydrogen (secondary N) is 2. The monoisotopic (exact) mass is 358 g/mol. The summed E-state index contributed by atoms with van der Waals surface area (Å²) in [5.74, 6) is -0.221. The number of amides is 2. The number of benzene rings is 2. The van der Waals surface area contributed by atoms with Crippen molar-refractivity contribution in [1.82, 2.24) is 10.6 Å². The third-order valence-electron chi connectivity index (χ3n) is 3.67. The Kier molecular flexibility index (Phi) is 7.14. The van der Waals surface area contributed by atoms with Crippen LogP contribution >= 0.6 is 0 Å². The minimum Gasteiger partial charge on any atom is -0.481 e. The van der Waals surface area contributed by atoms with Crippen LogP contribution in [-0.2, 0) is 16.0 Å². The lowest BCUT2D eigenvalue weighted by atomic mass is 10.1.